The third-order valence-corrected chi connectivity index (χ3v) is 7.98. The first-order valence-corrected chi connectivity index (χ1v) is 11.8. The molecule has 2 aliphatic rings. The second kappa shape index (κ2) is 7.80. The van der Waals surface area contributed by atoms with Gasteiger partial charge < -0.3 is 15.4 Å². The molecule has 1 atom stereocenters. The number of ether oxygens (including phenoxy) is 1. The van der Waals surface area contributed by atoms with Crippen molar-refractivity contribution in [2.24, 2.45) is 5.92 Å². The maximum Gasteiger partial charge on any atom is 0.233 e. The van der Waals surface area contributed by atoms with E-state index in [9.17, 15) is 4.79 Å². The number of hydrogen-bond acceptors (Lipinski definition) is 7. The zero-order chi connectivity index (χ0) is 19.9. The Morgan fingerprint density at radius 3 is 2.86 bits per heavy atom. The van der Waals surface area contributed by atoms with E-state index in [0.717, 1.165) is 49.0 Å². The second-order valence-corrected chi connectivity index (χ2v) is 10.2. The Labute approximate surface area is 174 Å². The van der Waals surface area contributed by atoms with E-state index >= 15 is 0 Å². The van der Waals surface area contributed by atoms with Crippen LogP contribution in [0.5, 0.6) is 0 Å². The van der Waals surface area contributed by atoms with Gasteiger partial charge in [0.2, 0.25) is 5.91 Å². The summed E-state index contributed by atoms with van der Waals surface area (Å²) in [7, 11) is 0. The number of hydrogen-bond donors (Lipinski definition) is 1. The lowest BCUT2D eigenvalue weighted by Crippen LogP contribution is -2.38. The Balaban J connectivity index is 1.50. The number of carbonyl (C=O) groups is 1. The summed E-state index contributed by atoms with van der Waals surface area (Å²) in [4.78, 5) is 25.8. The number of thioether (sulfide) groups is 1. The first-order valence-electron chi connectivity index (χ1n) is 10.0. The van der Waals surface area contributed by atoms with Crippen LogP contribution in [0.1, 0.15) is 50.5 Å². The molecule has 0 aromatic carbocycles. The topological polar surface area (TPSA) is 81.3 Å². The van der Waals surface area contributed by atoms with E-state index in [4.69, 9.17) is 15.5 Å². The number of nitrogen functional groups attached to an aromatic ring is 1. The van der Waals surface area contributed by atoms with Crippen LogP contribution in [0.15, 0.2) is 5.16 Å². The molecule has 0 aliphatic carbocycles. The maximum atomic E-state index is 12.5. The number of fused-ring (bicyclic) bond motifs is 3. The average Bonchev–Trinajstić information content (AvgIpc) is 3.04. The molecule has 0 spiro atoms. The molecule has 0 radical (unpaired) electrons. The molecule has 4 rings (SSSR count). The molecular weight excluding hydrogens is 392 g/mol. The highest BCUT2D eigenvalue weighted by Gasteiger charge is 2.33. The van der Waals surface area contributed by atoms with Crippen LogP contribution in [-0.2, 0) is 22.6 Å². The van der Waals surface area contributed by atoms with Crippen molar-refractivity contribution in [3.63, 3.8) is 0 Å². The number of thiophene rings is 1. The predicted octanol–water partition coefficient (Wildman–Crippen LogP) is 3.87. The summed E-state index contributed by atoms with van der Waals surface area (Å²) in [6, 6.07) is 0. The van der Waals surface area contributed by atoms with E-state index in [1.54, 1.807) is 11.3 Å². The fourth-order valence-electron chi connectivity index (χ4n) is 3.85. The van der Waals surface area contributed by atoms with Gasteiger partial charge in [-0.3, -0.25) is 4.79 Å². The van der Waals surface area contributed by atoms with Gasteiger partial charge in [-0.15, -0.1) is 11.3 Å². The van der Waals surface area contributed by atoms with Crippen molar-refractivity contribution >= 4 is 45.0 Å². The van der Waals surface area contributed by atoms with Crippen molar-refractivity contribution in [3.05, 3.63) is 10.4 Å². The highest BCUT2D eigenvalue weighted by molar-refractivity contribution is 7.99. The molecule has 8 heteroatoms. The van der Waals surface area contributed by atoms with Crippen LogP contribution in [0, 0.1) is 5.92 Å². The highest BCUT2D eigenvalue weighted by atomic mass is 32.2. The fourth-order valence-corrected chi connectivity index (χ4v) is 5.77. The third-order valence-electron chi connectivity index (χ3n) is 6.05. The number of likely N-dealkylation sites (tertiary alicyclic amines) is 1. The zero-order valence-electron chi connectivity index (χ0n) is 16.8. The Bertz CT molecular complexity index is 892. The number of anilines is 1. The summed E-state index contributed by atoms with van der Waals surface area (Å²) in [5.74, 6) is 1.76. The van der Waals surface area contributed by atoms with Gasteiger partial charge in [-0.2, -0.15) is 0 Å². The quantitative estimate of drug-likeness (QED) is 0.597. The lowest BCUT2D eigenvalue weighted by atomic mass is 9.90. The summed E-state index contributed by atoms with van der Waals surface area (Å²) in [5, 5.41) is 1.56. The van der Waals surface area contributed by atoms with Crippen LogP contribution in [0.4, 0.5) is 5.82 Å². The summed E-state index contributed by atoms with van der Waals surface area (Å²) in [6.07, 6.45) is 3.97. The van der Waals surface area contributed by atoms with Crippen LogP contribution < -0.4 is 5.73 Å². The Morgan fingerprint density at radius 2 is 2.14 bits per heavy atom. The summed E-state index contributed by atoms with van der Waals surface area (Å²) in [6.45, 7) is 8.86. The number of rotatable bonds is 4. The van der Waals surface area contributed by atoms with Gasteiger partial charge >= 0.3 is 0 Å². The minimum Gasteiger partial charge on any atom is -0.383 e. The molecule has 0 bridgehead atoms. The van der Waals surface area contributed by atoms with Gasteiger partial charge in [0.1, 0.15) is 10.6 Å². The molecule has 6 nitrogen and oxygen atoms in total. The minimum absolute atomic E-state index is 0.154. The molecule has 1 amide bonds. The van der Waals surface area contributed by atoms with Gasteiger partial charge in [0, 0.05) is 24.4 Å². The molecule has 2 aromatic rings. The van der Waals surface area contributed by atoms with Crippen LogP contribution in [0.2, 0.25) is 0 Å². The van der Waals surface area contributed by atoms with E-state index < -0.39 is 0 Å². The van der Waals surface area contributed by atoms with E-state index in [0.29, 0.717) is 29.3 Å². The highest BCUT2D eigenvalue weighted by Crippen LogP contribution is 2.41. The number of nitrogens with zero attached hydrogens (tertiary/aromatic N) is 3. The van der Waals surface area contributed by atoms with E-state index in [1.165, 1.54) is 22.2 Å². The van der Waals surface area contributed by atoms with Gasteiger partial charge in [-0.25, -0.2) is 9.97 Å². The molecule has 4 heterocycles. The largest absolute Gasteiger partial charge is 0.383 e. The van der Waals surface area contributed by atoms with Crippen molar-refractivity contribution in [2.45, 2.75) is 63.8 Å². The van der Waals surface area contributed by atoms with Crippen LogP contribution in [-0.4, -0.2) is 45.2 Å². The lowest BCUT2D eigenvalue weighted by Gasteiger charge is -2.33. The average molecular weight is 421 g/mol. The lowest BCUT2D eigenvalue weighted by molar-refractivity contribution is -0.129. The zero-order valence-corrected chi connectivity index (χ0v) is 18.4. The van der Waals surface area contributed by atoms with E-state index in [2.05, 4.69) is 25.8 Å². The smallest absolute Gasteiger partial charge is 0.233 e. The van der Waals surface area contributed by atoms with Crippen LogP contribution >= 0.6 is 23.1 Å². The number of aromatic nitrogens is 2. The normalized spacial score (nSPS) is 23.2. The summed E-state index contributed by atoms with van der Waals surface area (Å²) in [5.41, 5.74) is 7.41. The number of piperidine rings is 1. The van der Waals surface area contributed by atoms with E-state index in [1.807, 2.05) is 4.90 Å². The van der Waals surface area contributed by atoms with Crippen molar-refractivity contribution in [1.82, 2.24) is 14.9 Å². The first kappa shape index (κ1) is 19.9. The van der Waals surface area contributed by atoms with Crippen LogP contribution in [0.3, 0.4) is 0 Å². The van der Waals surface area contributed by atoms with Gasteiger partial charge in [0.25, 0.3) is 0 Å². The molecule has 0 saturated carbocycles. The molecule has 2 N–H and O–H groups in total. The maximum absolute atomic E-state index is 12.5. The van der Waals surface area contributed by atoms with Crippen molar-refractivity contribution in [1.29, 1.82) is 0 Å². The molecule has 28 heavy (non-hydrogen) atoms. The van der Waals surface area contributed by atoms with Crippen molar-refractivity contribution < 1.29 is 9.53 Å². The Morgan fingerprint density at radius 1 is 1.39 bits per heavy atom. The molecule has 1 saturated heterocycles. The number of nitrogens with two attached hydrogens (primary N) is 1. The predicted molar refractivity (Wildman–Crippen MR) is 115 cm³/mol. The first-order chi connectivity index (χ1) is 13.4. The third kappa shape index (κ3) is 3.86. The van der Waals surface area contributed by atoms with Gasteiger partial charge in [-0.05, 0) is 37.7 Å². The van der Waals surface area contributed by atoms with Gasteiger partial charge in [0.15, 0.2) is 5.16 Å². The molecule has 2 aliphatic heterocycles. The minimum atomic E-state index is -0.154. The SMILES string of the molecule is CC[C@]1(C)Cc2c(sc3nc(SCC(=O)N4CCC(C)CC4)nc(N)c23)CO1. The van der Waals surface area contributed by atoms with Crippen molar-refractivity contribution in [2.75, 3.05) is 24.6 Å². The van der Waals surface area contributed by atoms with Gasteiger partial charge in [0.05, 0.1) is 23.3 Å². The van der Waals surface area contributed by atoms with Crippen molar-refractivity contribution in [3.8, 4) is 0 Å². The standard InChI is InChI=1S/C20H28N4O2S2/c1-4-20(3)9-13-14(10-26-20)28-18-16(13)17(21)22-19(23-18)27-11-15(25)24-7-5-12(2)6-8-24/h12H,4-11H2,1-3H3,(H2,21,22,23)/t20-/m1/s1. The molecule has 1 fully saturated rings. The molecule has 152 valence electrons. The molecule has 2 aromatic heterocycles. The monoisotopic (exact) mass is 420 g/mol. The summed E-state index contributed by atoms with van der Waals surface area (Å²) < 4.78 is 6.06. The Hall–Kier alpha value is -1.38. The summed E-state index contributed by atoms with van der Waals surface area (Å²) >= 11 is 3.02. The van der Waals surface area contributed by atoms with E-state index in [-0.39, 0.29) is 11.5 Å². The fraction of sp³-hybridized carbons (Fsp3) is 0.650. The number of carbonyl (C=O) groups excluding carboxylic acids is 1. The molecule has 0 unspecified atom stereocenters. The second-order valence-electron chi connectivity index (χ2n) is 8.20. The number of amides is 1. The molecular formula is C20H28N4O2S2. The van der Waals surface area contributed by atoms with Crippen LogP contribution in [0.25, 0.3) is 10.2 Å². The van der Waals surface area contributed by atoms with Gasteiger partial charge in [-0.1, -0.05) is 25.6 Å². The Kier molecular flexibility index (Phi) is 5.55.